The Morgan fingerprint density at radius 1 is 1.03 bits per heavy atom. The van der Waals surface area contributed by atoms with Crippen molar-refractivity contribution in [3.8, 4) is 5.75 Å². The second kappa shape index (κ2) is 13.1. The third-order valence-corrected chi connectivity index (χ3v) is 8.82. The van der Waals surface area contributed by atoms with Crippen molar-refractivity contribution in [2.24, 2.45) is 4.99 Å². The van der Waals surface area contributed by atoms with Crippen LogP contribution >= 0.6 is 11.3 Å². The SMILES string of the molecule is CCCCN(CCCC)S(=O)(=O)c1ccc(C(=O)N=c2sc3cc(OC)ccc3n2CCOC)cc1. The number of nitrogens with zero attached hydrogens (tertiary/aromatic N) is 3. The molecule has 2 aromatic carbocycles. The van der Waals surface area contributed by atoms with Crippen molar-refractivity contribution >= 4 is 37.5 Å². The first kappa shape index (κ1) is 28.0. The van der Waals surface area contributed by atoms with E-state index < -0.39 is 15.9 Å². The minimum atomic E-state index is -3.62. The number of thiazole rings is 1. The highest BCUT2D eigenvalue weighted by molar-refractivity contribution is 7.89. The molecule has 0 bridgehead atoms. The minimum absolute atomic E-state index is 0.190. The molecule has 0 spiro atoms. The molecule has 10 heteroatoms. The fourth-order valence-corrected chi connectivity index (χ4v) is 6.36. The molecule has 0 aliphatic heterocycles. The summed E-state index contributed by atoms with van der Waals surface area (Å²) in [6.07, 6.45) is 3.45. The Balaban J connectivity index is 1.92. The molecule has 36 heavy (non-hydrogen) atoms. The smallest absolute Gasteiger partial charge is 0.279 e. The topological polar surface area (TPSA) is 90.2 Å². The lowest BCUT2D eigenvalue weighted by Crippen LogP contribution is -2.33. The third kappa shape index (κ3) is 6.61. The maximum Gasteiger partial charge on any atom is 0.279 e. The highest BCUT2D eigenvalue weighted by Crippen LogP contribution is 2.23. The number of sulfonamides is 1. The highest BCUT2D eigenvalue weighted by atomic mass is 32.2. The van der Waals surface area contributed by atoms with Gasteiger partial charge >= 0.3 is 0 Å². The van der Waals surface area contributed by atoms with E-state index in [1.54, 1.807) is 18.5 Å². The number of amides is 1. The Labute approximate surface area is 217 Å². The van der Waals surface area contributed by atoms with E-state index in [2.05, 4.69) is 4.99 Å². The molecular formula is C26H35N3O5S2. The molecule has 0 aliphatic carbocycles. The number of rotatable bonds is 13. The van der Waals surface area contributed by atoms with Crippen LogP contribution in [0.15, 0.2) is 52.4 Å². The zero-order chi connectivity index (χ0) is 26.1. The molecule has 0 radical (unpaired) electrons. The summed E-state index contributed by atoms with van der Waals surface area (Å²) in [5, 5.41) is 0. The van der Waals surface area contributed by atoms with Crippen LogP contribution in [0.5, 0.6) is 5.75 Å². The van der Waals surface area contributed by atoms with E-state index in [1.807, 2.05) is 36.6 Å². The molecule has 1 heterocycles. The van der Waals surface area contributed by atoms with Crippen LogP contribution < -0.4 is 9.54 Å². The first-order valence-electron chi connectivity index (χ1n) is 12.2. The van der Waals surface area contributed by atoms with E-state index >= 15 is 0 Å². The number of carbonyl (C=O) groups is 1. The molecule has 3 rings (SSSR count). The van der Waals surface area contributed by atoms with Gasteiger partial charge in [0.1, 0.15) is 5.75 Å². The summed E-state index contributed by atoms with van der Waals surface area (Å²) in [6, 6.07) is 11.8. The van der Waals surface area contributed by atoms with Crippen molar-refractivity contribution < 1.29 is 22.7 Å². The van der Waals surface area contributed by atoms with Gasteiger partial charge in [-0.1, -0.05) is 38.0 Å². The largest absolute Gasteiger partial charge is 0.497 e. The van der Waals surface area contributed by atoms with Crippen LogP contribution in [-0.4, -0.2) is 57.1 Å². The number of hydrogen-bond donors (Lipinski definition) is 0. The first-order valence-corrected chi connectivity index (χ1v) is 14.5. The van der Waals surface area contributed by atoms with E-state index in [4.69, 9.17) is 9.47 Å². The normalized spacial score (nSPS) is 12.5. The third-order valence-electron chi connectivity index (χ3n) is 5.87. The first-order chi connectivity index (χ1) is 17.3. The van der Waals surface area contributed by atoms with Gasteiger partial charge in [0, 0.05) is 32.3 Å². The Bertz CT molecular complexity index is 1320. The van der Waals surface area contributed by atoms with E-state index in [0.717, 1.165) is 41.6 Å². The van der Waals surface area contributed by atoms with Crippen molar-refractivity contribution in [1.29, 1.82) is 0 Å². The van der Waals surface area contributed by atoms with Gasteiger partial charge in [-0.25, -0.2) is 8.42 Å². The van der Waals surface area contributed by atoms with Crippen LogP contribution in [0.3, 0.4) is 0 Å². The molecule has 0 saturated heterocycles. The van der Waals surface area contributed by atoms with Gasteiger partial charge in [0.05, 0.1) is 28.8 Å². The van der Waals surface area contributed by atoms with Crippen LogP contribution in [0.2, 0.25) is 0 Å². The van der Waals surface area contributed by atoms with E-state index in [0.29, 0.717) is 36.6 Å². The standard InChI is InChI=1S/C26H35N3O5S2/c1-5-7-15-28(16-8-6-2)36(31,32)22-12-9-20(10-13-22)25(30)27-26-29(17-18-33-3)23-14-11-21(34-4)19-24(23)35-26/h9-14,19H,5-8,15-18H2,1-4H3. The number of hydrogen-bond acceptors (Lipinski definition) is 6. The number of aromatic nitrogens is 1. The average Bonchev–Trinajstić information content (AvgIpc) is 3.23. The lowest BCUT2D eigenvalue weighted by atomic mass is 10.2. The van der Waals surface area contributed by atoms with Crippen LogP contribution in [0, 0.1) is 0 Å². The average molecular weight is 534 g/mol. The molecule has 8 nitrogen and oxygen atoms in total. The molecule has 3 aromatic rings. The van der Waals surface area contributed by atoms with Gasteiger partial charge in [0.25, 0.3) is 5.91 Å². The van der Waals surface area contributed by atoms with Gasteiger partial charge in [-0.2, -0.15) is 9.30 Å². The summed E-state index contributed by atoms with van der Waals surface area (Å²) in [7, 11) is -0.388. The lowest BCUT2D eigenvalue weighted by Gasteiger charge is -2.22. The Hall–Kier alpha value is -2.53. The minimum Gasteiger partial charge on any atom is -0.497 e. The van der Waals surface area contributed by atoms with Gasteiger partial charge in [0.15, 0.2) is 4.80 Å². The van der Waals surface area contributed by atoms with Gasteiger partial charge in [-0.15, -0.1) is 0 Å². The summed E-state index contributed by atoms with van der Waals surface area (Å²) in [6.45, 7) is 6.08. The molecule has 0 saturated carbocycles. The number of ether oxygens (including phenoxy) is 2. The molecule has 0 aliphatic rings. The highest BCUT2D eigenvalue weighted by Gasteiger charge is 2.23. The van der Waals surface area contributed by atoms with Gasteiger partial charge in [-0.3, -0.25) is 4.79 Å². The number of unbranched alkanes of at least 4 members (excludes halogenated alkanes) is 2. The van der Waals surface area contributed by atoms with Crippen molar-refractivity contribution in [1.82, 2.24) is 8.87 Å². The van der Waals surface area contributed by atoms with Crippen LogP contribution in [0.25, 0.3) is 10.2 Å². The van der Waals surface area contributed by atoms with Crippen molar-refractivity contribution in [3.05, 3.63) is 52.8 Å². The molecule has 0 unspecified atom stereocenters. The fourth-order valence-electron chi connectivity index (χ4n) is 3.76. The Kier molecular flexibility index (Phi) is 10.2. The summed E-state index contributed by atoms with van der Waals surface area (Å²) < 4.78 is 41.4. The molecule has 0 fully saturated rings. The molecular weight excluding hydrogens is 498 g/mol. The molecule has 1 amide bonds. The van der Waals surface area contributed by atoms with Crippen molar-refractivity contribution in [2.75, 3.05) is 33.9 Å². The maximum atomic E-state index is 13.2. The summed E-state index contributed by atoms with van der Waals surface area (Å²) in [5.41, 5.74) is 1.26. The second-order valence-corrected chi connectivity index (χ2v) is 11.4. The zero-order valence-electron chi connectivity index (χ0n) is 21.4. The van der Waals surface area contributed by atoms with Crippen molar-refractivity contribution in [2.45, 2.75) is 51.0 Å². The molecule has 196 valence electrons. The number of carbonyl (C=O) groups excluding carboxylic acids is 1. The molecule has 0 atom stereocenters. The number of methoxy groups -OCH3 is 2. The predicted octanol–water partition coefficient (Wildman–Crippen LogP) is 4.69. The van der Waals surface area contributed by atoms with Gasteiger partial charge in [0.2, 0.25) is 10.0 Å². The van der Waals surface area contributed by atoms with E-state index in [-0.39, 0.29) is 4.90 Å². The Morgan fingerprint density at radius 2 is 1.69 bits per heavy atom. The maximum absolute atomic E-state index is 13.2. The van der Waals surface area contributed by atoms with Gasteiger partial charge < -0.3 is 14.0 Å². The summed E-state index contributed by atoms with van der Waals surface area (Å²) >= 11 is 1.39. The predicted molar refractivity (Wildman–Crippen MR) is 143 cm³/mol. The van der Waals surface area contributed by atoms with E-state index in [1.165, 1.54) is 35.6 Å². The van der Waals surface area contributed by atoms with E-state index in [9.17, 15) is 13.2 Å². The summed E-state index contributed by atoms with van der Waals surface area (Å²) in [4.78, 5) is 18.1. The van der Waals surface area contributed by atoms with Crippen molar-refractivity contribution in [3.63, 3.8) is 0 Å². The Morgan fingerprint density at radius 3 is 2.28 bits per heavy atom. The summed E-state index contributed by atoms with van der Waals surface area (Å²) in [5.74, 6) is 0.293. The van der Waals surface area contributed by atoms with Gasteiger partial charge in [-0.05, 0) is 55.3 Å². The number of benzene rings is 2. The molecule has 1 aromatic heterocycles. The van der Waals surface area contributed by atoms with Crippen LogP contribution in [-0.2, 0) is 21.3 Å². The molecule has 0 N–H and O–H groups in total. The zero-order valence-corrected chi connectivity index (χ0v) is 23.0. The second-order valence-electron chi connectivity index (χ2n) is 8.42. The quantitative estimate of drug-likeness (QED) is 0.318. The number of fused-ring (bicyclic) bond motifs is 1. The monoisotopic (exact) mass is 533 g/mol. The van der Waals surface area contributed by atoms with Crippen LogP contribution in [0.1, 0.15) is 49.9 Å². The van der Waals surface area contributed by atoms with Crippen LogP contribution in [0.4, 0.5) is 0 Å². The lowest BCUT2D eigenvalue weighted by molar-refractivity contribution is 0.0997. The fraction of sp³-hybridized carbons (Fsp3) is 0.462.